The van der Waals surface area contributed by atoms with Crippen molar-refractivity contribution in [2.24, 2.45) is 10.2 Å². The van der Waals surface area contributed by atoms with Crippen molar-refractivity contribution in [2.45, 2.75) is 41.5 Å². The average Bonchev–Trinajstić information content (AvgIpc) is 2.50. The molecule has 0 aliphatic rings. The van der Waals surface area contributed by atoms with E-state index < -0.39 is 0 Å². The molecule has 114 valence electrons. The highest BCUT2D eigenvalue weighted by atomic mass is 15.2. The maximum Gasteiger partial charge on any atom is 0.0672 e. The minimum Gasteiger partial charge on any atom is -0.155 e. The molecule has 0 radical (unpaired) electrons. The van der Waals surface area contributed by atoms with E-state index in [1.807, 2.05) is 13.8 Å². The highest BCUT2D eigenvalue weighted by Gasteiger charge is 2.02. The molecule has 0 aliphatic carbocycles. The van der Waals surface area contributed by atoms with Crippen molar-refractivity contribution in [2.75, 3.05) is 0 Å². The van der Waals surface area contributed by atoms with Crippen LogP contribution in [0.2, 0.25) is 0 Å². The molecule has 0 fully saturated rings. The van der Waals surface area contributed by atoms with Gasteiger partial charge in [-0.3, -0.25) is 0 Å². The molecule has 0 amide bonds. The molecule has 0 atom stereocenters. The van der Waals surface area contributed by atoms with Crippen LogP contribution < -0.4 is 0 Å². The highest BCUT2D eigenvalue weighted by molar-refractivity contribution is 6.01. The first-order valence-electron chi connectivity index (χ1n) is 7.62. The molecule has 22 heavy (non-hydrogen) atoms. The summed E-state index contributed by atoms with van der Waals surface area (Å²) in [6.07, 6.45) is 0. The third-order valence-electron chi connectivity index (χ3n) is 4.20. The summed E-state index contributed by atoms with van der Waals surface area (Å²) in [6.45, 7) is 12.5. The third-order valence-corrected chi connectivity index (χ3v) is 4.20. The second-order valence-electron chi connectivity index (χ2n) is 5.97. The molecule has 0 aromatic heterocycles. The number of aryl methyl sites for hydroxylation is 4. The number of rotatable bonds is 3. The summed E-state index contributed by atoms with van der Waals surface area (Å²) in [5.41, 5.74) is 9.28. The molecular formula is C20H24N2. The van der Waals surface area contributed by atoms with E-state index >= 15 is 0 Å². The Balaban J connectivity index is 2.27. The van der Waals surface area contributed by atoms with Gasteiger partial charge in [0.1, 0.15) is 0 Å². The van der Waals surface area contributed by atoms with Crippen LogP contribution in [-0.4, -0.2) is 11.4 Å². The van der Waals surface area contributed by atoms with Crippen molar-refractivity contribution < 1.29 is 0 Å². The molecule has 0 aliphatic heterocycles. The fourth-order valence-corrected chi connectivity index (χ4v) is 2.20. The molecule has 2 nitrogen and oxygen atoms in total. The summed E-state index contributed by atoms with van der Waals surface area (Å²) >= 11 is 0. The van der Waals surface area contributed by atoms with Crippen LogP contribution in [0.1, 0.15) is 47.2 Å². The summed E-state index contributed by atoms with van der Waals surface area (Å²) in [6, 6.07) is 12.8. The summed E-state index contributed by atoms with van der Waals surface area (Å²) in [7, 11) is 0. The summed E-state index contributed by atoms with van der Waals surface area (Å²) in [4.78, 5) is 0. The predicted molar refractivity (Wildman–Crippen MR) is 96.3 cm³/mol. The van der Waals surface area contributed by atoms with Gasteiger partial charge in [-0.15, -0.1) is 0 Å². The lowest BCUT2D eigenvalue weighted by Gasteiger charge is -2.05. The van der Waals surface area contributed by atoms with Crippen LogP contribution in [0.4, 0.5) is 0 Å². The second kappa shape index (κ2) is 6.69. The summed E-state index contributed by atoms with van der Waals surface area (Å²) < 4.78 is 0. The number of nitrogens with zero attached hydrogens (tertiary/aromatic N) is 2. The Morgan fingerprint density at radius 3 is 1.27 bits per heavy atom. The van der Waals surface area contributed by atoms with Gasteiger partial charge < -0.3 is 0 Å². The van der Waals surface area contributed by atoms with E-state index in [-0.39, 0.29) is 0 Å². The van der Waals surface area contributed by atoms with Gasteiger partial charge in [0.05, 0.1) is 11.4 Å². The van der Waals surface area contributed by atoms with Crippen LogP contribution >= 0.6 is 0 Å². The quantitative estimate of drug-likeness (QED) is 0.552. The Morgan fingerprint density at radius 2 is 0.955 bits per heavy atom. The van der Waals surface area contributed by atoms with E-state index in [9.17, 15) is 0 Å². The van der Waals surface area contributed by atoms with Crippen LogP contribution in [0.5, 0.6) is 0 Å². The van der Waals surface area contributed by atoms with Crippen LogP contribution in [0.3, 0.4) is 0 Å². The van der Waals surface area contributed by atoms with E-state index in [0.29, 0.717) is 0 Å². The summed E-state index contributed by atoms with van der Waals surface area (Å²) in [5.74, 6) is 0. The largest absolute Gasteiger partial charge is 0.155 e. The van der Waals surface area contributed by atoms with E-state index in [1.165, 1.54) is 22.3 Å². The normalized spacial score (nSPS) is 12.6. The first-order valence-corrected chi connectivity index (χ1v) is 7.62. The van der Waals surface area contributed by atoms with Gasteiger partial charge in [0.15, 0.2) is 0 Å². The van der Waals surface area contributed by atoms with E-state index in [4.69, 9.17) is 0 Å². The van der Waals surface area contributed by atoms with Gasteiger partial charge in [-0.2, -0.15) is 10.2 Å². The molecular weight excluding hydrogens is 268 g/mol. The van der Waals surface area contributed by atoms with Crippen molar-refractivity contribution >= 4 is 11.4 Å². The minimum absolute atomic E-state index is 0.936. The topological polar surface area (TPSA) is 24.7 Å². The van der Waals surface area contributed by atoms with Crippen molar-refractivity contribution in [1.29, 1.82) is 0 Å². The smallest absolute Gasteiger partial charge is 0.0672 e. The van der Waals surface area contributed by atoms with Crippen LogP contribution in [0.25, 0.3) is 0 Å². The zero-order valence-corrected chi connectivity index (χ0v) is 14.4. The first-order chi connectivity index (χ1) is 10.4. The van der Waals surface area contributed by atoms with E-state index in [0.717, 1.165) is 22.6 Å². The molecule has 0 unspecified atom stereocenters. The van der Waals surface area contributed by atoms with Gasteiger partial charge in [-0.05, 0) is 87.1 Å². The zero-order valence-electron chi connectivity index (χ0n) is 14.4. The van der Waals surface area contributed by atoms with Crippen LogP contribution in [0, 0.1) is 27.7 Å². The Kier molecular flexibility index (Phi) is 4.92. The summed E-state index contributed by atoms with van der Waals surface area (Å²) in [5, 5.41) is 8.80. The SMILES string of the molecule is C/C(=N\N=C(/C)c1ccc(C)c(C)c1)c1ccc(C)c(C)c1. The van der Waals surface area contributed by atoms with Gasteiger partial charge in [0, 0.05) is 0 Å². The van der Waals surface area contributed by atoms with E-state index in [2.05, 4.69) is 74.3 Å². The fourth-order valence-electron chi connectivity index (χ4n) is 2.20. The van der Waals surface area contributed by atoms with Crippen LogP contribution in [-0.2, 0) is 0 Å². The number of hydrogen-bond donors (Lipinski definition) is 0. The number of hydrogen-bond acceptors (Lipinski definition) is 2. The molecule has 2 rings (SSSR count). The molecule has 2 aromatic rings. The zero-order chi connectivity index (χ0) is 16.3. The van der Waals surface area contributed by atoms with Gasteiger partial charge in [0.25, 0.3) is 0 Å². The molecule has 2 heteroatoms. The van der Waals surface area contributed by atoms with E-state index in [1.54, 1.807) is 0 Å². The first kappa shape index (κ1) is 16.2. The monoisotopic (exact) mass is 292 g/mol. The van der Waals surface area contributed by atoms with Crippen molar-refractivity contribution in [3.8, 4) is 0 Å². The van der Waals surface area contributed by atoms with Crippen molar-refractivity contribution in [3.05, 3.63) is 69.8 Å². The Bertz CT molecular complexity index is 687. The highest BCUT2D eigenvalue weighted by Crippen LogP contribution is 2.13. The van der Waals surface area contributed by atoms with Gasteiger partial charge in [0.2, 0.25) is 0 Å². The molecule has 0 heterocycles. The van der Waals surface area contributed by atoms with Gasteiger partial charge in [-0.25, -0.2) is 0 Å². The predicted octanol–water partition coefficient (Wildman–Crippen LogP) is 5.15. The lowest BCUT2D eigenvalue weighted by molar-refractivity contribution is 1.21. The van der Waals surface area contributed by atoms with Crippen LogP contribution in [0.15, 0.2) is 46.6 Å². The van der Waals surface area contributed by atoms with Gasteiger partial charge in [-0.1, -0.05) is 24.3 Å². The second-order valence-corrected chi connectivity index (χ2v) is 5.97. The lowest BCUT2D eigenvalue weighted by Crippen LogP contribution is -1.98. The van der Waals surface area contributed by atoms with Crippen molar-refractivity contribution in [3.63, 3.8) is 0 Å². The Morgan fingerprint density at radius 1 is 0.591 bits per heavy atom. The molecule has 2 aromatic carbocycles. The molecule has 0 saturated heterocycles. The maximum absolute atomic E-state index is 4.40. The van der Waals surface area contributed by atoms with Gasteiger partial charge >= 0.3 is 0 Å². The average molecular weight is 292 g/mol. The molecule has 0 spiro atoms. The standard InChI is InChI=1S/C20H24N2/c1-13-7-9-19(11-15(13)3)17(5)21-22-18(6)20-10-8-14(2)16(4)12-20/h7-12H,1-6H3/b21-17+,22-18+. The molecule has 0 bridgehead atoms. The Labute approximate surface area is 133 Å². The minimum atomic E-state index is 0.936. The fraction of sp³-hybridized carbons (Fsp3) is 0.300. The Hall–Kier alpha value is -2.22. The van der Waals surface area contributed by atoms with Crippen molar-refractivity contribution in [1.82, 2.24) is 0 Å². The molecule has 0 N–H and O–H groups in total. The lowest BCUT2D eigenvalue weighted by atomic mass is 10.0. The number of benzene rings is 2. The maximum atomic E-state index is 4.40. The molecule has 0 saturated carbocycles. The third kappa shape index (κ3) is 3.70.